The normalized spacial score (nSPS) is 10.5. The summed E-state index contributed by atoms with van der Waals surface area (Å²) in [5, 5.41) is 3.37. The Morgan fingerprint density at radius 2 is 1.95 bits per heavy atom. The van der Waals surface area contributed by atoms with E-state index in [4.69, 9.17) is 5.84 Å². The Bertz CT molecular complexity index is 611. The van der Waals surface area contributed by atoms with Crippen LogP contribution >= 0.6 is 0 Å². The summed E-state index contributed by atoms with van der Waals surface area (Å²) in [5.74, 6) is 7.82. The zero-order valence-electron chi connectivity index (χ0n) is 12.8. The van der Waals surface area contributed by atoms with E-state index in [9.17, 15) is 0 Å². The molecule has 0 saturated heterocycles. The molecule has 2 aromatic rings. The molecule has 0 amide bonds. The molecular weight excluding hydrogens is 264 g/mol. The largest absolute Gasteiger partial charge is 0.366 e. The number of hydrogen-bond donors (Lipinski definition) is 3. The molecule has 0 aliphatic heterocycles. The molecule has 2 heterocycles. The minimum Gasteiger partial charge on any atom is -0.366 e. The SMILES string of the molecule is CCCc1nc(NN)c(C)c(NCc2ccncc2C)n1. The van der Waals surface area contributed by atoms with Crippen molar-refractivity contribution in [3.8, 4) is 0 Å². The van der Waals surface area contributed by atoms with Crippen molar-refractivity contribution in [1.29, 1.82) is 0 Å². The molecule has 0 atom stereocenters. The summed E-state index contributed by atoms with van der Waals surface area (Å²) in [7, 11) is 0. The number of rotatable bonds is 6. The zero-order valence-corrected chi connectivity index (χ0v) is 12.8. The Kier molecular flexibility index (Phi) is 5.05. The molecular formula is C15H22N6. The van der Waals surface area contributed by atoms with Gasteiger partial charge in [0.2, 0.25) is 0 Å². The third kappa shape index (κ3) is 3.66. The second-order valence-corrected chi connectivity index (χ2v) is 5.01. The van der Waals surface area contributed by atoms with E-state index >= 15 is 0 Å². The molecule has 0 aromatic carbocycles. The lowest BCUT2D eigenvalue weighted by atomic mass is 10.1. The van der Waals surface area contributed by atoms with Crippen LogP contribution in [0.2, 0.25) is 0 Å². The molecule has 2 rings (SSSR count). The zero-order chi connectivity index (χ0) is 15.2. The lowest BCUT2D eigenvalue weighted by molar-refractivity contribution is 0.830. The predicted octanol–water partition coefficient (Wildman–Crippen LogP) is 2.34. The summed E-state index contributed by atoms with van der Waals surface area (Å²) in [6.45, 7) is 6.80. The molecule has 112 valence electrons. The summed E-state index contributed by atoms with van der Waals surface area (Å²) in [6.07, 6.45) is 5.49. The quantitative estimate of drug-likeness (QED) is 0.558. The molecule has 0 aliphatic rings. The Hall–Kier alpha value is -2.21. The fourth-order valence-corrected chi connectivity index (χ4v) is 2.09. The van der Waals surface area contributed by atoms with Gasteiger partial charge < -0.3 is 10.7 Å². The van der Waals surface area contributed by atoms with E-state index in [0.717, 1.165) is 35.6 Å². The standard InChI is InChI=1S/C15H22N6/c1-4-5-13-19-14(11(3)15(20-13)21-16)18-9-12-6-7-17-8-10(12)2/h6-8H,4-5,9,16H2,1-3H3,(H2,18,19,20,21). The molecule has 0 aliphatic carbocycles. The molecule has 0 saturated carbocycles. The van der Waals surface area contributed by atoms with Gasteiger partial charge in [-0.2, -0.15) is 0 Å². The van der Waals surface area contributed by atoms with E-state index in [0.29, 0.717) is 12.4 Å². The number of nitrogen functional groups attached to an aromatic ring is 1. The maximum absolute atomic E-state index is 5.54. The molecule has 0 radical (unpaired) electrons. The summed E-state index contributed by atoms with van der Waals surface area (Å²) < 4.78 is 0. The van der Waals surface area contributed by atoms with Gasteiger partial charge in [-0.25, -0.2) is 15.8 Å². The van der Waals surface area contributed by atoms with Crippen molar-refractivity contribution in [1.82, 2.24) is 15.0 Å². The van der Waals surface area contributed by atoms with Crippen molar-refractivity contribution in [3.05, 3.63) is 41.0 Å². The number of nitrogens with two attached hydrogens (primary N) is 1. The number of aryl methyl sites for hydroxylation is 2. The van der Waals surface area contributed by atoms with Gasteiger partial charge in [-0.3, -0.25) is 4.98 Å². The Morgan fingerprint density at radius 1 is 1.19 bits per heavy atom. The second-order valence-electron chi connectivity index (χ2n) is 5.01. The average molecular weight is 286 g/mol. The van der Waals surface area contributed by atoms with Gasteiger partial charge >= 0.3 is 0 Å². The first-order valence-electron chi connectivity index (χ1n) is 7.13. The highest BCUT2D eigenvalue weighted by Crippen LogP contribution is 2.20. The third-order valence-corrected chi connectivity index (χ3v) is 3.39. The molecule has 0 fully saturated rings. The number of aromatic nitrogens is 3. The van der Waals surface area contributed by atoms with Crippen molar-refractivity contribution >= 4 is 11.6 Å². The summed E-state index contributed by atoms with van der Waals surface area (Å²) in [6, 6.07) is 2.01. The van der Waals surface area contributed by atoms with Gasteiger partial charge in [0.1, 0.15) is 17.5 Å². The van der Waals surface area contributed by atoms with Crippen molar-refractivity contribution < 1.29 is 0 Å². The molecule has 21 heavy (non-hydrogen) atoms. The average Bonchev–Trinajstić information content (AvgIpc) is 2.49. The molecule has 0 spiro atoms. The van der Waals surface area contributed by atoms with E-state index < -0.39 is 0 Å². The topological polar surface area (TPSA) is 88.8 Å². The number of hydrogen-bond acceptors (Lipinski definition) is 6. The molecule has 0 unspecified atom stereocenters. The Labute approximate surface area is 125 Å². The first-order chi connectivity index (χ1) is 10.2. The third-order valence-electron chi connectivity index (χ3n) is 3.39. The van der Waals surface area contributed by atoms with Gasteiger partial charge in [0.25, 0.3) is 0 Å². The number of nitrogens with zero attached hydrogens (tertiary/aromatic N) is 3. The van der Waals surface area contributed by atoms with Gasteiger partial charge in [-0.05, 0) is 37.5 Å². The first kappa shape index (κ1) is 15.2. The van der Waals surface area contributed by atoms with Crippen LogP contribution in [0.5, 0.6) is 0 Å². The van der Waals surface area contributed by atoms with Crippen molar-refractivity contribution in [3.63, 3.8) is 0 Å². The summed E-state index contributed by atoms with van der Waals surface area (Å²) >= 11 is 0. The van der Waals surface area contributed by atoms with E-state index in [1.165, 1.54) is 5.56 Å². The molecule has 6 nitrogen and oxygen atoms in total. The van der Waals surface area contributed by atoms with Gasteiger partial charge in [0, 0.05) is 30.9 Å². The van der Waals surface area contributed by atoms with Crippen molar-refractivity contribution in [2.24, 2.45) is 5.84 Å². The maximum Gasteiger partial charge on any atom is 0.148 e. The van der Waals surface area contributed by atoms with Crippen LogP contribution in [0.3, 0.4) is 0 Å². The fourth-order valence-electron chi connectivity index (χ4n) is 2.09. The highest BCUT2D eigenvalue weighted by Gasteiger charge is 2.10. The summed E-state index contributed by atoms with van der Waals surface area (Å²) in [4.78, 5) is 13.1. The highest BCUT2D eigenvalue weighted by atomic mass is 15.3. The van der Waals surface area contributed by atoms with Crippen LogP contribution in [0.4, 0.5) is 11.6 Å². The highest BCUT2D eigenvalue weighted by molar-refractivity contribution is 5.57. The maximum atomic E-state index is 5.54. The lowest BCUT2D eigenvalue weighted by Crippen LogP contribution is -2.15. The molecule has 0 bridgehead atoms. The van der Waals surface area contributed by atoms with Crippen LogP contribution in [-0.4, -0.2) is 15.0 Å². The summed E-state index contributed by atoms with van der Waals surface area (Å²) in [5.41, 5.74) is 5.92. The van der Waals surface area contributed by atoms with Crippen molar-refractivity contribution in [2.75, 3.05) is 10.7 Å². The van der Waals surface area contributed by atoms with Crippen LogP contribution in [0, 0.1) is 13.8 Å². The predicted molar refractivity (Wildman–Crippen MR) is 84.9 cm³/mol. The monoisotopic (exact) mass is 286 g/mol. The van der Waals surface area contributed by atoms with Crippen LogP contribution in [0.1, 0.15) is 35.9 Å². The minimum atomic E-state index is 0.669. The van der Waals surface area contributed by atoms with Gasteiger partial charge in [-0.1, -0.05) is 6.92 Å². The van der Waals surface area contributed by atoms with Crippen LogP contribution < -0.4 is 16.6 Å². The van der Waals surface area contributed by atoms with E-state index in [2.05, 4.69) is 32.6 Å². The van der Waals surface area contributed by atoms with Gasteiger partial charge in [0.15, 0.2) is 0 Å². The number of pyridine rings is 1. The van der Waals surface area contributed by atoms with Crippen LogP contribution in [0.25, 0.3) is 0 Å². The number of hydrazine groups is 1. The molecule has 4 N–H and O–H groups in total. The van der Waals surface area contributed by atoms with Gasteiger partial charge in [-0.15, -0.1) is 0 Å². The number of anilines is 2. The van der Waals surface area contributed by atoms with Crippen LogP contribution in [-0.2, 0) is 13.0 Å². The van der Waals surface area contributed by atoms with Gasteiger partial charge in [0.05, 0.1) is 0 Å². The second kappa shape index (κ2) is 6.99. The lowest BCUT2D eigenvalue weighted by Gasteiger charge is -2.14. The molecule has 2 aromatic heterocycles. The van der Waals surface area contributed by atoms with Crippen LogP contribution in [0.15, 0.2) is 18.5 Å². The Morgan fingerprint density at radius 3 is 2.62 bits per heavy atom. The first-order valence-corrected chi connectivity index (χ1v) is 7.13. The van der Waals surface area contributed by atoms with Crippen molar-refractivity contribution in [2.45, 2.75) is 40.2 Å². The van der Waals surface area contributed by atoms with E-state index in [1.807, 2.05) is 26.1 Å². The van der Waals surface area contributed by atoms with E-state index in [-0.39, 0.29) is 0 Å². The molecule has 6 heteroatoms. The number of nitrogens with one attached hydrogen (secondary N) is 2. The fraction of sp³-hybridized carbons (Fsp3) is 0.400. The Balaban J connectivity index is 2.22. The van der Waals surface area contributed by atoms with E-state index in [1.54, 1.807) is 6.20 Å². The minimum absolute atomic E-state index is 0.669. The smallest absolute Gasteiger partial charge is 0.148 e.